The Hall–Kier alpha value is -0.730. The van der Waals surface area contributed by atoms with Crippen LogP contribution >= 0.6 is 11.8 Å². The molecule has 0 saturated heterocycles. The number of thioether (sulfide) groups is 1. The zero-order chi connectivity index (χ0) is 13.1. The van der Waals surface area contributed by atoms with E-state index in [2.05, 4.69) is 4.72 Å². The van der Waals surface area contributed by atoms with Gasteiger partial charge in [0.15, 0.2) is 0 Å². The molecule has 0 unspecified atom stereocenters. The first-order chi connectivity index (χ1) is 7.72. The summed E-state index contributed by atoms with van der Waals surface area (Å²) in [7, 11) is -2.12. The molecule has 0 aliphatic carbocycles. The van der Waals surface area contributed by atoms with Gasteiger partial charge in [0.2, 0.25) is 10.0 Å². The number of halogens is 3. The van der Waals surface area contributed by atoms with Gasteiger partial charge in [-0.25, -0.2) is 13.1 Å². The SMILES string of the molecule is CNS(=O)(=O)Cc1ccc(SC(F)(F)F)cc1. The monoisotopic (exact) mass is 285 g/mol. The number of alkyl halides is 3. The average Bonchev–Trinajstić information content (AvgIpc) is 2.19. The number of sulfonamides is 1. The van der Waals surface area contributed by atoms with Crippen LogP contribution in [0.3, 0.4) is 0 Å². The molecular formula is C9H10F3NO2S2. The minimum Gasteiger partial charge on any atom is -0.218 e. The summed E-state index contributed by atoms with van der Waals surface area (Å²) < 4.78 is 60.6. The maximum atomic E-state index is 12.0. The third-order valence-corrected chi connectivity index (χ3v) is 3.90. The number of nitrogens with one attached hydrogen (secondary N) is 1. The lowest BCUT2D eigenvalue weighted by molar-refractivity contribution is -0.0328. The van der Waals surface area contributed by atoms with Crippen molar-refractivity contribution < 1.29 is 21.6 Å². The Morgan fingerprint density at radius 3 is 2.18 bits per heavy atom. The van der Waals surface area contributed by atoms with Crippen LogP contribution in [0.4, 0.5) is 13.2 Å². The Morgan fingerprint density at radius 2 is 1.76 bits per heavy atom. The van der Waals surface area contributed by atoms with Crippen molar-refractivity contribution in [3.8, 4) is 0 Å². The summed E-state index contributed by atoms with van der Waals surface area (Å²) in [5.41, 5.74) is -3.90. The Kier molecular flexibility index (Phi) is 4.45. The van der Waals surface area contributed by atoms with Crippen LogP contribution in [0.1, 0.15) is 5.56 Å². The molecule has 1 N–H and O–H groups in total. The molecule has 0 amide bonds. The summed E-state index contributed by atoms with van der Waals surface area (Å²) in [4.78, 5) is 0.0307. The molecule has 0 spiro atoms. The van der Waals surface area contributed by atoms with E-state index in [1.54, 1.807) is 0 Å². The van der Waals surface area contributed by atoms with Crippen LogP contribution in [0.15, 0.2) is 29.2 Å². The van der Waals surface area contributed by atoms with E-state index in [9.17, 15) is 21.6 Å². The number of hydrogen-bond acceptors (Lipinski definition) is 3. The van der Waals surface area contributed by atoms with E-state index in [1.807, 2.05) is 0 Å². The van der Waals surface area contributed by atoms with Gasteiger partial charge in [-0.15, -0.1) is 0 Å². The van der Waals surface area contributed by atoms with Gasteiger partial charge in [0, 0.05) is 4.90 Å². The molecule has 0 aliphatic rings. The molecule has 17 heavy (non-hydrogen) atoms. The molecule has 0 saturated carbocycles. The van der Waals surface area contributed by atoms with Crippen molar-refractivity contribution in [3.63, 3.8) is 0 Å². The largest absolute Gasteiger partial charge is 0.446 e. The highest BCUT2D eigenvalue weighted by molar-refractivity contribution is 8.00. The van der Waals surface area contributed by atoms with Crippen LogP contribution in [0.5, 0.6) is 0 Å². The standard InChI is InChI=1S/C9H10F3NO2S2/c1-13-17(14,15)6-7-2-4-8(5-3-7)16-9(10,11)12/h2-5,13H,6H2,1H3. The third kappa shape index (κ3) is 5.42. The van der Waals surface area contributed by atoms with Gasteiger partial charge in [0.25, 0.3) is 0 Å². The molecule has 0 aromatic heterocycles. The lowest BCUT2D eigenvalue weighted by Gasteiger charge is -2.06. The summed E-state index contributed by atoms with van der Waals surface area (Å²) in [5, 5.41) is 0. The van der Waals surface area contributed by atoms with Gasteiger partial charge in [-0.1, -0.05) is 12.1 Å². The highest BCUT2D eigenvalue weighted by Crippen LogP contribution is 2.36. The van der Waals surface area contributed by atoms with Crippen LogP contribution in [-0.4, -0.2) is 21.0 Å². The summed E-state index contributed by atoms with van der Waals surface area (Å²) in [6.45, 7) is 0. The second-order valence-electron chi connectivity index (χ2n) is 3.15. The van der Waals surface area contributed by atoms with Crippen LogP contribution < -0.4 is 4.72 Å². The third-order valence-electron chi connectivity index (χ3n) is 1.82. The Balaban J connectivity index is 2.76. The predicted molar refractivity (Wildman–Crippen MR) is 60.0 cm³/mol. The van der Waals surface area contributed by atoms with Crippen molar-refractivity contribution in [1.82, 2.24) is 4.72 Å². The fraction of sp³-hybridized carbons (Fsp3) is 0.333. The minimum absolute atomic E-state index is 0.0307. The predicted octanol–water partition coefficient (Wildman–Crippen LogP) is 2.35. The molecule has 0 aliphatic heterocycles. The molecule has 0 radical (unpaired) electrons. The van der Waals surface area contributed by atoms with E-state index in [0.717, 1.165) is 0 Å². The number of hydrogen-bond donors (Lipinski definition) is 1. The first-order valence-corrected chi connectivity index (χ1v) is 6.95. The van der Waals surface area contributed by atoms with Crippen LogP contribution in [0, 0.1) is 0 Å². The van der Waals surface area contributed by atoms with Gasteiger partial charge in [0.05, 0.1) is 5.75 Å². The Bertz CT molecular complexity index is 468. The van der Waals surface area contributed by atoms with Crippen LogP contribution in [0.2, 0.25) is 0 Å². The first kappa shape index (κ1) is 14.3. The zero-order valence-electron chi connectivity index (χ0n) is 8.78. The van der Waals surface area contributed by atoms with Crippen molar-refractivity contribution in [1.29, 1.82) is 0 Å². The lowest BCUT2D eigenvalue weighted by atomic mass is 10.2. The molecule has 1 aromatic carbocycles. The van der Waals surface area contributed by atoms with Gasteiger partial charge in [-0.05, 0) is 36.5 Å². The quantitative estimate of drug-likeness (QED) is 0.864. The Morgan fingerprint density at radius 1 is 1.24 bits per heavy atom. The van der Waals surface area contributed by atoms with Crippen LogP contribution in [-0.2, 0) is 15.8 Å². The van der Waals surface area contributed by atoms with Crippen LogP contribution in [0.25, 0.3) is 0 Å². The Labute approximate surface area is 101 Å². The van der Waals surface area contributed by atoms with Gasteiger partial charge in [-0.2, -0.15) is 13.2 Å². The maximum Gasteiger partial charge on any atom is 0.446 e. The van der Waals surface area contributed by atoms with E-state index in [0.29, 0.717) is 5.56 Å². The normalized spacial score (nSPS) is 12.7. The van der Waals surface area contributed by atoms with Gasteiger partial charge in [0.1, 0.15) is 0 Å². The molecule has 0 atom stereocenters. The van der Waals surface area contributed by atoms with Crippen molar-refractivity contribution in [2.24, 2.45) is 0 Å². The molecule has 0 fully saturated rings. The van der Waals surface area contributed by atoms with E-state index in [1.165, 1.54) is 31.3 Å². The molecule has 0 heterocycles. The summed E-state index contributed by atoms with van der Waals surface area (Å²) in [6.07, 6.45) is 0. The highest BCUT2D eigenvalue weighted by Gasteiger charge is 2.29. The fourth-order valence-corrected chi connectivity index (χ4v) is 2.39. The van der Waals surface area contributed by atoms with E-state index in [-0.39, 0.29) is 22.4 Å². The molecule has 96 valence electrons. The molecule has 1 rings (SSSR count). The van der Waals surface area contributed by atoms with Crippen molar-refractivity contribution in [2.75, 3.05) is 7.05 Å². The summed E-state index contributed by atoms with van der Waals surface area (Å²) >= 11 is -0.232. The average molecular weight is 285 g/mol. The highest BCUT2D eigenvalue weighted by atomic mass is 32.2. The van der Waals surface area contributed by atoms with Gasteiger partial charge < -0.3 is 0 Å². The summed E-state index contributed by atoms with van der Waals surface area (Å²) in [6, 6.07) is 5.23. The van der Waals surface area contributed by atoms with Crippen molar-refractivity contribution >= 4 is 21.8 Å². The molecule has 0 bridgehead atoms. The van der Waals surface area contributed by atoms with Gasteiger partial charge >= 0.3 is 5.51 Å². The van der Waals surface area contributed by atoms with Crippen molar-refractivity contribution in [3.05, 3.63) is 29.8 Å². The number of benzene rings is 1. The second kappa shape index (κ2) is 5.28. The maximum absolute atomic E-state index is 12.0. The minimum atomic E-state index is -4.33. The van der Waals surface area contributed by atoms with Gasteiger partial charge in [-0.3, -0.25) is 0 Å². The lowest BCUT2D eigenvalue weighted by Crippen LogP contribution is -2.20. The smallest absolute Gasteiger partial charge is 0.218 e. The van der Waals surface area contributed by atoms with E-state index < -0.39 is 15.5 Å². The summed E-state index contributed by atoms with van der Waals surface area (Å²) in [5.74, 6) is -0.250. The fourth-order valence-electron chi connectivity index (χ4n) is 1.08. The molecular weight excluding hydrogens is 275 g/mol. The first-order valence-electron chi connectivity index (χ1n) is 4.48. The molecule has 8 heteroatoms. The molecule has 1 aromatic rings. The molecule has 3 nitrogen and oxygen atoms in total. The zero-order valence-corrected chi connectivity index (χ0v) is 10.4. The van der Waals surface area contributed by atoms with E-state index >= 15 is 0 Å². The van der Waals surface area contributed by atoms with E-state index in [4.69, 9.17) is 0 Å². The number of rotatable bonds is 4. The topological polar surface area (TPSA) is 46.2 Å². The second-order valence-corrected chi connectivity index (χ2v) is 6.22. The van der Waals surface area contributed by atoms with Crippen molar-refractivity contribution in [2.45, 2.75) is 16.2 Å².